The van der Waals surface area contributed by atoms with E-state index in [9.17, 15) is 0 Å². The van der Waals surface area contributed by atoms with E-state index in [0.717, 1.165) is 0 Å². The van der Waals surface area contributed by atoms with Crippen LogP contribution in [0.1, 0.15) is 37.1 Å². The molecular formula is C31H29N2+. The SMILES string of the molecule is C[C@H](c1ccccc1)n1c[n+]([C@H](C)c2ccccc2)c(-c2ccccc2)c1-c1ccccc1. The van der Waals surface area contributed by atoms with E-state index < -0.39 is 0 Å². The molecule has 0 aliphatic carbocycles. The van der Waals surface area contributed by atoms with Crippen molar-refractivity contribution in [1.29, 1.82) is 0 Å². The van der Waals surface area contributed by atoms with Crippen LogP contribution in [0.2, 0.25) is 0 Å². The molecule has 2 heteroatoms. The van der Waals surface area contributed by atoms with Crippen LogP contribution in [0.4, 0.5) is 0 Å². The zero-order chi connectivity index (χ0) is 22.6. The summed E-state index contributed by atoms with van der Waals surface area (Å²) in [7, 11) is 0. The minimum atomic E-state index is 0.188. The summed E-state index contributed by atoms with van der Waals surface area (Å²) in [6.07, 6.45) is 2.31. The highest BCUT2D eigenvalue weighted by molar-refractivity contribution is 5.76. The Labute approximate surface area is 196 Å². The van der Waals surface area contributed by atoms with Crippen molar-refractivity contribution in [2.75, 3.05) is 0 Å². The maximum atomic E-state index is 2.44. The van der Waals surface area contributed by atoms with Crippen LogP contribution in [0.5, 0.6) is 0 Å². The first kappa shape index (κ1) is 21.0. The van der Waals surface area contributed by atoms with Crippen molar-refractivity contribution >= 4 is 0 Å². The molecule has 33 heavy (non-hydrogen) atoms. The molecular weight excluding hydrogens is 400 g/mol. The summed E-state index contributed by atoms with van der Waals surface area (Å²) < 4.78 is 4.87. The average molecular weight is 430 g/mol. The van der Waals surface area contributed by atoms with Crippen molar-refractivity contribution in [2.24, 2.45) is 0 Å². The number of hydrogen-bond acceptors (Lipinski definition) is 0. The Bertz CT molecular complexity index is 1200. The van der Waals surface area contributed by atoms with Gasteiger partial charge in [-0.05, 0) is 25.0 Å². The molecule has 0 saturated heterocycles. The molecule has 0 aliphatic heterocycles. The summed E-state index contributed by atoms with van der Waals surface area (Å²) in [5.41, 5.74) is 7.51. The van der Waals surface area contributed by atoms with Gasteiger partial charge in [-0.3, -0.25) is 0 Å². The lowest BCUT2D eigenvalue weighted by Crippen LogP contribution is -2.39. The number of benzene rings is 4. The third-order valence-electron chi connectivity index (χ3n) is 6.48. The highest BCUT2D eigenvalue weighted by Gasteiger charge is 2.31. The Balaban J connectivity index is 1.80. The normalized spacial score (nSPS) is 12.9. The quantitative estimate of drug-likeness (QED) is 0.250. The Morgan fingerprint density at radius 3 is 1.55 bits per heavy atom. The summed E-state index contributed by atoms with van der Waals surface area (Å²) in [5, 5.41) is 0. The van der Waals surface area contributed by atoms with Crippen LogP contribution in [0.15, 0.2) is 128 Å². The summed E-state index contributed by atoms with van der Waals surface area (Å²) in [6.45, 7) is 4.57. The maximum absolute atomic E-state index is 2.44. The zero-order valence-electron chi connectivity index (χ0n) is 19.2. The molecule has 0 aliphatic rings. The third kappa shape index (κ3) is 4.12. The van der Waals surface area contributed by atoms with Crippen molar-refractivity contribution in [3.05, 3.63) is 139 Å². The molecule has 0 bridgehead atoms. The van der Waals surface area contributed by atoms with Crippen LogP contribution < -0.4 is 4.57 Å². The minimum Gasteiger partial charge on any atom is -0.223 e. The number of imidazole rings is 1. The van der Waals surface area contributed by atoms with Gasteiger partial charge in [0.25, 0.3) is 0 Å². The second-order valence-corrected chi connectivity index (χ2v) is 8.53. The lowest BCUT2D eigenvalue weighted by Gasteiger charge is -2.13. The van der Waals surface area contributed by atoms with E-state index in [4.69, 9.17) is 0 Å². The van der Waals surface area contributed by atoms with Gasteiger partial charge >= 0.3 is 0 Å². The number of rotatable bonds is 6. The number of aromatic nitrogens is 2. The number of nitrogens with zero attached hydrogens (tertiary/aromatic N) is 2. The van der Waals surface area contributed by atoms with Gasteiger partial charge < -0.3 is 0 Å². The highest BCUT2D eigenvalue weighted by Crippen LogP contribution is 2.35. The fourth-order valence-corrected chi connectivity index (χ4v) is 4.63. The predicted octanol–water partition coefficient (Wildman–Crippen LogP) is 7.33. The molecule has 0 amide bonds. The average Bonchev–Trinajstić information content (AvgIpc) is 3.30. The van der Waals surface area contributed by atoms with Crippen molar-refractivity contribution in [1.82, 2.24) is 4.57 Å². The van der Waals surface area contributed by atoms with Crippen LogP contribution >= 0.6 is 0 Å². The van der Waals surface area contributed by atoms with Gasteiger partial charge in [-0.25, -0.2) is 9.13 Å². The van der Waals surface area contributed by atoms with Gasteiger partial charge in [-0.2, -0.15) is 0 Å². The molecule has 0 saturated carbocycles. The minimum absolute atomic E-state index is 0.188. The van der Waals surface area contributed by atoms with Gasteiger partial charge in [0.1, 0.15) is 12.1 Å². The van der Waals surface area contributed by atoms with E-state index in [-0.39, 0.29) is 12.1 Å². The summed E-state index contributed by atoms with van der Waals surface area (Å²) in [6, 6.07) is 43.4. The first-order valence-corrected chi connectivity index (χ1v) is 11.6. The highest BCUT2D eigenvalue weighted by atomic mass is 15.2. The predicted molar refractivity (Wildman–Crippen MR) is 136 cm³/mol. The largest absolute Gasteiger partial charge is 0.245 e. The van der Waals surface area contributed by atoms with Crippen LogP contribution in [0, 0.1) is 0 Å². The van der Waals surface area contributed by atoms with Gasteiger partial charge in [0.2, 0.25) is 6.33 Å². The van der Waals surface area contributed by atoms with Gasteiger partial charge in [0.15, 0.2) is 11.4 Å². The van der Waals surface area contributed by atoms with Crippen LogP contribution in [-0.4, -0.2) is 4.57 Å². The van der Waals surface area contributed by atoms with Gasteiger partial charge in [-0.1, -0.05) is 121 Å². The van der Waals surface area contributed by atoms with Crippen molar-refractivity contribution in [2.45, 2.75) is 25.9 Å². The molecule has 2 atom stereocenters. The molecule has 0 spiro atoms. The van der Waals surface area contributed by atoms with Crippen LogP contribution in [0.25, 0.3) is 22.5 Å². The molecule has 162 valence electrons. The molecule has 1 aromatic heterocycles. The molecule has 4 aromatic carbocycles. The molecule has 0 radical (unpaired) electrons. The van der Waals surface area contributed by atoms with Gasteiger partial charge in [0.05, 0.1) is 0 Å². The fourth-order valence-electron chi connectivity index (χ4n) is 4.63. The molecule has 2 nitrogen and oxygen atoms in total. The first-order chi connectivity index (χ1) is 16.2. The Hall–Kier alpha value is -3.91. The smallest absolute Gasteiger partial charge is 0.223 e. The molecule has 0 unspecified atom stereocenters. The van der Waals surface area contributed by atoms with Crippen LogP contribution in [0.3, 0.4) is 0 Å². The van der Waals surface area contributed by atoms with E-state index in [2.05, 4.69) is 151 Å². The van der Waals surface area contributed by atoms with Crippen molar-refractivity contribution in [3.63, 3.8) is 0 Å². The lowest BCUT2D eigenvalue weighted by atomic mass is 10.0. The summed E-state index contributed by atoms with van der Waals surface area (Å²) in [4.78, 5) is 0. The second-order valence-electron chi connectivity index (χ2n) is 8.53. The topological polar surface area (TPSA) is 8.81 Å². The lowest BCUT2D eigenvalue weighted by molar-refractivity contribution is -0.699. The third-order valence-corrected chi connectivity index (χ3v) is 6.48. The summed E-state index contributed by atoms with van der Waals surface area (Å²) in [5.74, 6) is 0. The Morgan fingerprint density at radius 1 is 0.545 bits per heavy atom. The molecule has 1 heterocycles. The first-order valence-electron chi connectivity index (χ1n) is 11.6. The van der Waals surface area contributed by atoms with E-state index in [1.54, 1.807) is 0 Å². The Kier molecular flexibility index (Phi) is 5.91. The van der Waals surface area contributed by atoms with E-state index in [1.165, 1.54) is 33.6 Å². The maximum Gasteiger partial charge on any atom is 0.245 e. The molecule has 0 N–H and O–H groups in total. The molecule has 5 aromatic rings. The van der Waals surface area contributed by atoms with Crippen molar-refractivity contribution in [3.8, 4) is 22.5 Å². The molecule has 0 fully saturated rings. The van der Waals surface area contributed by atoms with E-state index in [1.807, 2.05) is 0 Å². The molecule has 5 rings (SSSR count). The summed E-state index contributed by atoms with van der Waals surface area (Å²) >= 11 is 0. The van der Waals surface area contributed by atoms with Gasteiger partial charge in [0, 0.05) is 11.1 Å². The monoisotopic (exact) mass is 429 g/mol. The van der Waals surface area contributed by atoms with Crippen LogP contribution in [-0.2, 0) is 0 Å². The fraction of sp³-hybridized carbons (Fsp3) is 0.129. The van der Waals surface area contributed by atoms with Crippen molar-refractivity contribution < 1.29 is 4.57 Å². The standard InChI is InChI=1S/C31H29N2/c1-24(26-15-7-3-8-16-26)32-23-33(25(2)27-17-9-4-10-18-27)31(29-21-13-6-14-22-29)30(32)28-19-11-5-12-20-28/h3-25H,1-2H3/q+1/t24-,25-/m1/s1. The van der Waals surface area contributed by atoms with Gasteiger partial charge in [-0.15, -0.1) is 0 Å². The van der Waals surface area contributed by atoms with E-state index in [0.29, 0.717) is 0 Å². The van der Waals surface area contributed by atoms with E-state index >= 15 is 0 Å². The zero-order valence-corrected chi connectivity index (χ0v) is 19.2. The second kappa shape index (κ2) is 9.30. The number of hydrogen-bond donors (Lipinski definition) is 0. The Morgan fingerprint density at radius 2 is 1.00 bits per heavy atom.